The second-order valence-electron chi connectivity index (χ2n) is 3.71. The van der Waals surface area contributed by atoms with E-state index in [0.717, 1.165) is 11.1 Å². The zero-order chi connectivity index (χ0) is 14.6. The van der Waals surface area contributed by atoms with Crippen molar-refractivity contribution in [3.8, 4) is 6.19 Å². The Kier molecular flexibility index (Phi) is 5.39. The van der Waals surface area contributed by atoms with Gasteiger partial charge in [-0.3, -0.25) is 5.32 Å². The Labute approximate surface area is 123 Å². The van der Waals surface area contributed by atoms with Gasteiger partial charge in [0.1, 0.15) is 0 Å². The molecule has 0 radical (unpaired) electrons. The predicted octanol–water partition coefficient (Wildman–Crippen LogP) is 3.19. The van der Waals surface area contributed by atoms with Gasteiger partial charge in [-0.15, -0.1) is 0 Å². The van der Waals surface area contributed by atoms with Gasteiger partial charge in [0.25, 0.3) is 0 Å². The predicted molar refractivity (Wildman–Crippen MR) is 79.9 cm³/mol. The lowest BCUT2D eigenvalue weighted by Crippen LogP contribution is -2.13. The van der Waals surface area contributed by atoms with Gasteiger partial charge in [-0.05, 0) is 47.2 Å². The van der Waals surface area contributed by atoms with Crippen molar-refractivity contribution >= 4 is 44.5 Å². The summed E-state index contributed by atoms with van der Waals surface area (Å²) in [6, 6.07) is 1.85. The molecule has 0 aromatic heterocycles. The highest BCUT2D eigenvalue weighted by molar-refractivity contribution is 9.10. The first-order valence-corrected chi connectivity index (χ1v) is 7.24. The number of carboxylic acid groups (broad SMARTS) is 1. The van der Waals surface area contributed by atoms with Gasteiger partial charge in [-0.2, -0.15) is 5.26 Å². The van der Waals surface area contributed by atoms with Crippen molar-refractivity contribution in [2.24, 2.45) is 4.99 Å². The largest absolute Gasteiger partial charge is 0.478 e. The van der Waals surface area contributed by atoms with E-state index in [1.807, 2.05) is 13.0 Å². The Morgan fingerprint density at radius 1 is 1.53 bits per heavy atom. The Morgan fingerprint density at radius 3 is 2.63 bits per heavy atom. The summed E-state index contributed by atoms with van der Waals surface area (Å²) in [5.41, 5.74) is 2.01. The first-order valence-electron chi connectivity index (χ1n) is 5.23. The molecule has 5 nitrogen and oxygen atoms in total. The first-order chi connectivity index (χ1) is 8.92. The molecule has 0 bridgehead atoms. The van der Waals surface area contributed by atoms with Crippen LogP contribution in [0, 0.1) is 25.3 Å². The minimum absolute atomic E-state index is 0.101. The number of carbonyl (C=O) groups is 1. The fourth-order valence-corrected chi connectivity index (χ4v) is 2.37. The van der Waals surface area contributed by atoms with Gasteiger partial charge in [0.05, 0.1) is 11.3 Å². The number of aryl methyl sites for hydroxylation is 2. The van der Waals surface area contributed by atoms with E-state index >= 15 is 0 Å². The number of hydrogen-bond donors (Lipinski definition) is 2. The van der Waals surface area contributed by atoms with Gasteiger partial charge in [-0.1, -0.05) is 17.8 Å². The van der Waals surface area contributed by atoms with E-state index in [1.54, 1.807) is 19.4 Å². The standard InChI is InChI=1S/C12H12BrN3O2S/c1-6-4-7(2)10(8(9(6)13)11(17)18)16-12(19-3)15-5-14/h4H,1-3H3,(H,15,16)(H,17,18). The van der Waals surface area contributed by atoms with E-state index in [9.17, 15) is 9.90 Å². The highest BCUT2D eigenvalue weighted by Crippen LogP contribution is 2.34. The molecule has 0 spiro atoms. The molecule has 0 atom stereocenters. The van der Waals surface area contributed by atoms with Crippen LogP contribution in [-0.2, 0) is 0 Å². The number of carboxylic acids is 1. The van der Waals surface area contributed by atoms with Crippen LogP contribution in [0.2, 0.25) is 0 Å². The minimum atomic E-state index is -1.06. The minimum Gasteiger partial charge on any atom is -0.478 e. The molecule has 0 fully saturated rings. The molecular formula is C12H12BrN3O2S. The maximum Gasteiger partial charge on any atom is 0.339 e. The molecule has 0 saturated carbocycles. The number of hydrogen-bond acceptors (Lipinski definition) is 4. The SMILES string of the molecule is CSC(=Nc1c(C)cc(C)c(Br)c1C(=O)O)NC#N. The number of benzene rings is 1. The van der Waals surface area contributed by atoms with E-state index < -0.39 is 5.97 Å². The van der Waals surface area contributed by atoms with Crippen molar-refractivity contribution < 1.29 is 9.90 Å². The summed E-state index contributed by atoms with van der Waals surface area (Å²) in [5.74, 6) is -1.06. The van der Waals surface area contributed by atoms with Crippen LogP contribution >= 0.6 is 27.7 Å². The van der Waals surface area contributed by atoms with Gasteiger partial charge in [0, 0.05) is 4.47 Å². The van der Waals surface area contributed by atoms with Crippen molar-refractivity contribution in [3.05, 3.63) is 27.2 Å². The van der Waals surface area contributed by atoms with Crippen LogP contribution in [0.15, 0.2) is 15.5 Å². The fourth-order valence-electron chi connectivity index (χ4n) is 1.57. The third-order valence-corrected chi connectivity index (χ3v) is 3.99. The van der Waals surface area contributed by atoms with E-state index in [-0.39, 0.29) is 5.56 Å². The topological polar surface area (TPSA) is 85.5 Å². The van der Waals surface area contributed by atoms with Crippen LogP contribution in [0.25, 0.3) is 0 Å². The number of halogens is 1. The van der Waals surface area contributed by atoms with Gasteiger partial charge < -0.3 is 5.11 Å². The number of nitriles is 1. The van der Waals surface area contributed by atoms with E-state index in [0.29, 0.717) is 15.3 Å². The second kappa shape index (κ2) is 6.59. The Bertz CT molecular complexity index is 594. The normalized spacial score (nSPS) is 11.0. The van der Waals surface area contributed by atoms with Gasteiger partial charge in [0.2, 0.25) is 0 Å². The lowest BCUT2D eigenvalue weighted by Gasteiger charge is -2.11. The Balaban J connectivity index is 3.55. The second-order valence-corrected chi connectivity index (χ2v) is 5.30. The third kappa shape index (κ3) is 3.49. The van der Waals surface area contributed by atoms with Crippen molar-refractivity contribution in [1.29, 1.82) is 5.26 Å². The van der Waals surface area contributed by atoms with Crippen LogP contribution in [0.4, 0.5) is 5.69 Å². The van der Waals surface area contributed by atoms with Gasteiger partial charge >= 0.3 is 5.97 Å². The summed E-state index contributed by atoms with van der Waals surface area (Å²) in [6.45, 7) is 3.61. The maximum atomic E-state index is 11.4. The number of amidine groups is 1. The zero-order valence-electron chi connectivity index (χ0n) is 10.6. The van der Waals surface area contributed by atoms with Crippen molar-refractivity contribution in [1.82, 2.24) is 5.32 Å². The lowest BCUT2D eigenvalue weighted by molar-refractivity contribution is 0.0696. The van der Waals surface area contributed by atoms with Gasteiger partial charge in [0.15, 0.2) is 11.4 Å². The number of thioether (sulfide) groups is 1. The Morgan fingerprint density at radius 2 is 2.16 bits per heavy atom. The summed E-state index contributed by atoms with van der Waals surface area (Å²) in [7, 11) is 0. The molecule has 0 heterocycles. The first kappa shape index (κ1) is 15.5. The van der Waals surface area contributed by atoms with E-state index in [4.69, 9.17) is 5.26 Å². The molecule has 1 rings (SSSR count). The summed E-state index contributed by atoms with van der Waals surface area (Å²) in [5, 5.41) is 20.7. The quantitative estimate of drug-likeness (QED) is 0.373. The molecule has 0 aliphatic rings. The summed E-state index contributed by atoms with van der Waals surface area (Å²) < 4.78 is 0.502. The molecule has 0 saturated heterocycles. The molecule has 2 N–H and O–H groups in total. The van der Waals surface area contributed by atoms with Crippen LogP contribution < -0.4 is 5.32 Å². The smallest absolute Gasteiger partial charge is 0.339 e. The number of nitrogens with zero attached hydrogens (tertiary/aromatic N) is 2. The Hall–Kier alpha value is -1.52. The third-order valence-electron chi connectivity index (χ3n) is 2.39. The van der Waals surface area contributed by atoms with Crippen LogP contribution in [0.3, 0.4) is 0 Å². The number of aromatic carboxylic acids is 1. The molecule has 7 heteroatoms. The summed E-state index contributed by atoms with van der Waals surface area (Å²) in [4.78, 5) is 15.6. The molecule has 1 aromatic carbocycles. The molecule has 0 amide bonds. The van der Waals surface area contributed by atoms with Crippen LogP contribution in [-0.4, -0.2) is 22.5 Å². The molecule has 19 heavy (non-hydrogen) atoms. The number of nitrogens with one attached hydrogen (secondary N) is 1. The zero-order valence-corrected chi connectivity index (χ0v) is 13.0. The fraction of sp³-hybridized carbons (Fsp3) is 0.250. The molecule has 0 aliphatic heterocycles. The molecule has 0 aliphatic carbocycles. The van der Waals surface area contributed by atoms with E-state index in [2.05, 4.69) is 26.2 Å². The highest BCUT2D eigenvalue weighted by atomic mass is 79.9. The average Bonchev–Trinajstić information content (AvgIpc) is 2.34. The average molecular weight is 342 g/mol. The van der Waals surface area contributed by atoms with Crippen LogP contribution in [0.5, 0.6) is 0 Å². The van der Waals surface area contributed by atoms with Crippen molar-refractivity contribution in [2.75, 3.05) is 6.26 Å². The maximum absolute atomic E-state index is 11.4. The van der Waals surface area contributed by atoms with Crippen LogP contribution in [0.1, 0.15) is 21.5 Å². The molecule has 100 valence electrons. The lowest BCUT2D eigenvalue weighted by atomic mass is 10.0. The monoisotopic (exact) mass is 341 g/mol. The highest BCUT2D eigenvalue weighted by Gasteiger charge is 2.19. The van der Waals surface area contributed by atoms with E-state index in [1.165, 1.54) is 11.8 Å². The van der Waals surface area contributed by atoms with Crippen molar-refractivity contribution in [3.63, 3.8) is 0 Å². The summed E-state index contributed by atoms with van der Waals surface area (Å²) >= 11 is 4.51. The van der Waals surface area contributed by atoms with Crippen molar-refractivity contribution in [2.45, 2.75) is 13.8 Å². The molecule has 0 unspecified atom stereocenters. The number of aliphatic imine (C=N–C) groups is 1. The molecular weight excluding hydrogens is 330 g/mol. The molecule has 1 aromatic rings. The number of rotatable bonds is 2. The van der Waals surface area contributed by atoms with Gasteiger partial charge in [-0.25, -0.2) is 9.79 Å². The summed E-state index contributed by atoms with van der Waals surface area (Å²) in [6.07, 6.45) is 3.52.